The van der Waals surface area contributed by atoms with Crippen molar-refractivity contribution in [1.29, 1.82) is 0 Å². The van der Waals surface area contributed by atoms with E-state index in [2.05, 4.69) is 50.2 Å². The smallest absolute Gasteiger partial charge is 0.118 e. The summed E-state index contributed by atoms with van der Waals surface area (Å²) >= 11 is 1.80. The molecule has 0 aliphatic rings. The lowest BCUT2D eigenvalue weighted by Gasteiger charge is -2.22. The molecule has 0 heterocycles. The molecular weight excluding hydrogens is 266 g/mol. The van der Waals surface area contributed by atoms with Crippen LogP contribution in [0.15, 0.2) is 53.4 Å². The van der Waals surface area contributed by atoms with Gasteiger partial charge in [-0.15, -0.1) is 11.8 Å². The first-order valence-corrected chi connectivity index (χ1v) is 7.61. The maximum Gasteiger partial charge on any atom is 0.118 e. The van der Waals surface area contributed by atoms with E-state index in [9.17, 15) is 0 Å². The number of hydrogen-bond acceptors (Lipinski definition) is 3. The second kappa shape index (κ2) is 6.82. The maximum absolute atomic E-state index is 6.20. The van der Waals surface area contributed by atoms with E-state index in [4.69, 9.17) is 10.5 Å². The third kappa shape index (κ3) is 3.56. The van der Waals surface area contributed by atoms with Gasteiger partial charge in [0.2, 0.25) is 0 Å². The van der Waals surface area contributed by atoms with Gasteiger partial charge in [0.15, 0.2) is 0 Å². The van der Waals surface area contributed by atoms with Crippen LogP contribution in [0.5, 0.6) is 5.75 Å². The molecule has 0 saturated carbocycles. The number of aryl methyl sites for hydroxylation is 1. The lowest BCUT2D eigenvalue weighted by Crippen LogP contribution is -2.23. The number of rotatable bonds is 5. The predicted molar refractivity (Wildman–Crippen MR) is 86.4 cm³/mol. The molecule has 0 radical (unpaired) electrons. The Labute approximate surface area is 125 Å². The van der Waals surface area contributed by atoms with Crippen LogP contribution in [0.1, 0.15) is 23.3 Å². The molecule has 2 atom stereocenters. The van der Waals surface area contributed by atoms with Crippen LogP contribution in [0.2, 0.25) is 0 Å². The largest absolute Gasteiger partial charge is 0.497 e. The first kappa shape index (κ1) is 14.9. The SMILES string of the molecule is COc1ccc(SC(c2ccccc2C)C(C)N)cc1. The van der Waals surface area contributed by atoms with E-state index in [0.29, 0.717) is 0 Å². The van der Waals surface area contributed by atoms with Gasteiger partial charge in [0.1, 0.15) is 5.75 Å². The van der Waals surface area contributed by atoms with Crippen molar-refractivity contribution < 1.29 is 4.74 Å². The summed E-state index contributed by atoms with van der Waals surface area (Å²) in [5.74, 6) is 0.877. The molecule has 0 aliphatic carbocycles. The summed E-state index contributed by atoms with van der Waals surface area (Å²) in [5.41, 5.74) is 8.79. The first-order chi connectivity index (χ1) is 9.61. The van der Waals surface area contributed by atoms with Crippen LogP contribution < -0.4 is 10.5 Å². The lowest BCUT2D eigenvalue weighted by molar-refractivity contribution is 0.414. The van der Waals surface area contributed by atoms with Crippen molar-refractivity contribution in [1.82, 2.24) is 0 Å². The van der Waals surface area contributed by atoms with Crippen LogP contribution in [0, 0.1) is 6.92 Å². The first-order valence-electron chi connectivity index (χ1n) is 6.73. The molecular formula is C17H21NOS. The summed E-state index contributed by atoms with van der Waals surface area (Å²) in [5, 5.41) is 0.254. The zero-order valence-electron chi connectivity index (χ0n) is 12.2. The molecule has 0 spiro atoms. The zero-order valence-corrected chi connectivity index (χ0v) is 13.0. The number of hydrogen-bond donors (Lipinski definition) is 1. The van der Waals surface area contributed by atoms with Crippen LogP contribution in [0.25, 0.3) is 0 Å². The number of benzene rings is 2. The predicted octanol–water partition coefficient (Wildman–Crippen LogP) is 4.18. The second-order valence-electron chi connectivity index (χ2n) is 4.93. The van der Waals surface area contributed by atoms with Gasteiger partial charge in [0.25, 0.3) is 0 Å². The minimum Gasteiger partial charge on any atom is -0.497 e. The fourth-order valence-electron chi connectivity index (χ4n) is 2.16. The Kier molecular flexibility index (Phi) is 5.10. The highest BCUT2D eigenvalue weighted by Gasteiger charge is 2.19. The molecule has 106 valence electrons. The molecule has 0 fully saturated rings. The van der Waals surface area contributed by atoms with Crippen molar-refractivity contribution in [3.05, 3.63) is 59.7 Å². The van der Waals surface area contributed by atoms with Gasteiger partial charge >= 0.3 is 0 Å². The summed E-state index contributed by atoms with van der Waals surface area (Å²) in [6.45, 7) is 4.20. The molecule has 2 rings (SSSR count). The average Bonchev–Trinajstić information content (AvgIpc) is 2.46. The van der Waals surface area contributed by atoms with E-state index >= 15 is 0 Å². The van der Waals surface area contributed by atoms with Crippen LogP contribution >= 0.6 is 11.8 Å². The standard InChI is InChI=1S/C17H21NOS/c1-12-6-4-5-7-16(12)17(13(2)18)20-15-10-8-14(19-3)9-11-15/h4-11,13,17H,18H2,1-3H3. The number of methoxy groups -OCH3 is 1. The van der Waals surface area contributed by atoms with Gasteiger partial charge in [0, 0.05) is 16.2 Å². The molecule has 0 aliphatic heterocycles. The molecule has 2 aromatic carbocycles. The fourth-order valence-corrected chi connectivity index (χ4v) is 3.35. The quantitative estimate of drug-likeness (QED) is 0.838. The molecule has 2 nitrogen and oxygen atoms in total. The summed E-state index contributed by atoms with van der Waals surface area (Å²) in [6.07, 6.45) is 0. The van der Waals surface area contributed by atoms with Gasteiger partial charge in [-0.3, -0.25) is 0 Å². The Balaban J connectivity index is 2.23. The second-order valence-corrected chi connectivity index (χ2v) is 6.14. The number of nitrogens with two attached hydrogens (primary N) is 1. The monoisotopic (exact) mass is 287 g/mol. The van der Waals surface area contributed by atoms with Crippen molar-refractivity contribution in [2.75, 3.05) is 7.11 Å². The molecule has 0 saturated heterocycles. The molecule has 2 N–H and O–H groups in total. The van der Waals surface area contributed by atoms with E-state index in [1.54, 1.807) is 18.9 Å². The minimum absolute atomic E-state index is 0.0863. The third-order valence-electron chi connectivity index (χ3n) is 3.30. The number of thioether (sulfide) groups is 1. The van der Waals surface area contributed by atoms with Crippen molar-refractivity contribution in [2.24, 2.45) is 5.73 Å². The molecule has 0 aromatic heterocycles. The van der Waals surface area contributed by atoms with Crippen molar-refractivity contribution in [3.8, 4) is 5.75 Å². The molecule has 0 amide bonds. The van der Waals surface area contributed by atoms with E-state index in [1.807, 2.05) is 12.1 Å². The average molecular weight is 287 g/mol. The Hall–Kier alpha value is -1.45. The molecule has 2 unspecified atom stereocenters. The van der Waals surface area contributed by atoms with Gasteiger partial charge in [-0.05, 0) is 49.2 Å². The topological polar surface area (TPSA) is 35.2 Å². The summed E-state index contributed by atoms with van der Waals surface area (Å²) in [6, 6.07) is 16.7. The summed E-state index contributed by atoms with van der Waals surface area (Å²) in [7, 11) is 1.68. The Bertz CT molecular complexity index is 551. The zero-order chi connectivity index (χ0) is 14.5. The van der Waals surface area contributed by atoms with Gasteiger partial charge in [-0.1, -0.05) is 24.3 Å². The van der Waals surface area contributed by atoms with Gasteiger partial charge in [0.05, 0.1) is 7.11 Å². The van der Waals surface area contributed by atoms with Gasteiger partial charge < -0.3 is 10.5 Å². The van der Waals surface area contributed by atoms with E-state index in [-0.39, 0.29) is 11.3 Å². The Morgan fingerprint density at radius 1 is 1.05 bits per heavy atom. The highest BCUT2D eigenvalue weighted by Crippen LogP contribution is 2.38. The molecule has 2 aromatic rings. The van der Waals surface area contributed by atoms with Crippen molar-refractivity contribution in [3.63, 3.8) is 0 Å². The fraction of sp³-hybridized carbons (Fsp3) is 0.294. The van der Waals surface area contributed by atoms with Crippen molar-refractivity contribution in [2.45, 2.75) is 30.0 Å². The highest BCUT2D eigenvalue weighted by atomic mass is 32.2. The van der Waals surface area contributed by atoms with E-state index < -0.39 is 0 Å². The summed E-state index contributed by atoms with van der Waals surface area (Å²) < 4.78 is 5.19. The van der Waals surface area contributed by atoms with Crippen molar-refractivity contribution >= 4 is 11.8 Å². The normalized spacial score (nSPS) is 13.8. The van der Waals surface area contributed by atoms with Crippen LogP contribution in [0.3, 0.4) is 0 Å². The van der Waals surface area contributed by atoms with E-state index in [0.717, 1.165) is 5.75 Å². The van der Waals surface area contributed by atoms with Gasteiger partial charge in [-0.25, -0.2) is 0 Å². The van der Waals surface area contributed by atoms with Gasteiger partial charge in [-0.2, -0.15) is 0 Å². The van der Waals surface area contributed by atoms with E-state index in [1.165, 1.54) is 16.0 Å². The maximum atomic E-state index is 6.20. The highest BCUT2D eigenvalue weighted by molar-refractivity contribution is 7.99. The Morgan fingerprint density at radius 3 is 2.25 bits per heavy atom. The lowest BCUT2D eigenvalue weighted by atomic mass is 10.0. The third-order valence-corrected chi connectivity index (χ3v) is 4.78. The minimum atomic E-state index is 0.0863. The van der Waals surface area contributed by atoms with Crippen LogP contribution in [0.4, 0.5) is 0 Å². The Morgan fingerprint density at radius 2 is 1.70 bits per heavy atom. The number of ether oxygens (including phenoxy) is 1. The molecule has 3 heteroatoms. The molecule has 0 bridgehead atoms. The molecule has 20 heavy (non-hydrogen) atoms. The summed E-state index contributed by atoms with van der Waals surface area (Å²) in [4.78, 5) is 1.20. The van der Waals surface area contributed by atoms with Crippen LogP contribution in [-0.4, -0.2) is 13.2 Å². The van der Waals surface area contributed by atoms with Crippen LogP contribution in [-0.2, 0) is 0 Å².